The van der Waals surface area contributed by atoms with Crippen LogP contribution in [-0.4, -0.2) is 16.3 Å². The topological polar surface area (TPSA) is 58.6 Å². The zero-order valence-electron chi connectivity index (χ0n) is 13.7. The van der Waals surface area contributed by atoms with Gasteiger partial charge in [0, 0.05) is 25.4 Å². The van der Waals surface area contributed by atoms with Crippen LogP contribution in [0.3, 0.4) is 0 Å². The number of fused-ring (bicyclic) bond motifs is 1. The molecule has 0 fully saturated rings. The number of hydrogen-bond acceptors (Lipinski definition) is 4. The first-order valence-electron chi connectivity index (χ1n) is 7.88. The number of rotatable bonds is 3. The number of aliphatic imine (C=N–C) groups is 1. The minimum atomic E-state index is 0.214. The lowest BCUT2D eigenvalue weighted by Crippen LogP contribution is -1.86. The van der Waals surface area contributed by atoms with Crippen molar-refractivity contribution in [1.82, 2.24) is 4.98 Å². The fourth-order valence-corrected chi connectivity index (χ4v) is 4.45. The van der Waals surface area contributed by atoms with Crippen LogP contribution >= 0.6 is 61.1 Å². The van der Waals surface area contributed by atoms with Crippen LogP contribution in [0, 0.1) is 7.14 Å². The first-order chi connectivity index (χ1) is 13.0. The van der Waals surface area contributed by atoms with Crippen LogP contribution in [0.25, 0.3) is 22.6 Å². The molecule has 134 valence electrons. The van der Waals surface area contributed by atoms with Crippen molar-refractivity contribution >= 4 is 84.1 Å². The van der Waals surface area contributed by atoms with E-state index in [4.69, 9.17) is 4.42 Å². The number of nitrogens with zero attached hydrogens (tertiary/aromatic N) is 2. The first kappa shape index (κ1) is 18.9. The van der Waals surface area contributed by atoms with E-state index in [2.05, 4.69) is 71.1 Å². The Morgan fingerprint density at radius 3 is 2.59 bits per heavy atom. The van der Waals surface area contributed by atoms with Gasteiger partial charge in [-0.2, -0.15) is 0 Å². The minimum absolute atomic E-state index is 0.214. The second kappa shape index (κ2) is 7.88. The third-order valence-electron chi connectivity index (χ3n) is 3.87. The molecule has 4 nitrogen and oxygen atoms in total. The molecule has 1 N–H and O–H groups in total. The summed E-state index contributed by atoms with van der Waals surface area (Å²) >= 11 is 7.79. The van der Waals surface area contributed by atoms with Crippen molar-refractivity contribution in [3.8, 4) is 17.2 Å². The molecule has 0 radical (unpaired) electrons. The summed E-state index contributed by atoms with van der Waals surface area (Å²) in [6.07, 6.45) is 1.64. The molecule has 0 aliphatic rings. The molecule has 0 aliphatic carbocycles. The molecular formula is C20H11BrI2N2O2. The fourth-order valence-electron chi connectivity index (χ4n) is 2.54. The van der Waals surface area contributed by atoms with Gasteiger partial charge in [-0.15, -0.1) is 0 Å². The number of phenols is 1. The molecule has 4 aromatic rings. The molecule has 0 unspecified atom stereocenters. The highest BCUT2D eigenvalue weighted by Gasteiger charge is 2.09. The van der Waals surface area contributed by atoms with Gasteiger partial charge in [-0.3, -0.25) is 4.99 Å². The number of oxazole rings is 1. The molecule has 27 heavy (non-hydrogen) atoms. The van der Waals surface area contributed by atoms with Crippen molar-refractivity contribution in [2.75, 3.05) is 0 Å². The first-order valence-corrected chi connectivity index (χ1v) is 10.8. The summed E-state index contributed by atoms with van der Waals surface area (Å²) in [5.41, 5.74) is 3.77. The van der Waals surface area contributed by atoms with E-state index in [1.165, 1.54) is 0 Å². The Labute approximate surface area is 191 Å². The molecule has 0 spiro atoms. The molecule has 7 heteroatoms. The zero-order valence-corrected chi connectivity index (χ0v) is 19.6. The fraction of sp³-hybridized carbons (Fsp3) is 0. The lowest BCUT2D eigenvalue weighted by molar-refractivity contribution is 0.470. The number of aromatic hydroxyl groups is 1. The predicted molar refractivity (Wildman–Crippen MR) is 128 cm³/mol. The number of phenolic OH excluding ortho intramolecular Hbond substituents is 1. The third kappa shape index (κ3) is 4.19. The van der Waals surface area contributed by atoms with Gasteiger partial charge in [0.2, 0.25) is 5.89 Å². The Bertz CT molecular complexity index is 1170. The van der Waals surface area contributed by atoms with E-state index in [1.54, 1.807) is 6.21 Å². The van der Waals surface area contributed by atoms with Crippen molar-refractivity contribution in [1.29, 1.82) is 0 Å². The van der Waals surface area contributed by atoms with Crippen LogP contribution in [0.15, 0.2) is 68.5 Å². The Balaban J connectivity index is 1.67. The molecule has 0 amide bonds. The monoisotopic (exact) mass is 644 g/mol. The van der Waals surface area contributed by atoms with Gasteiger partial charge in [0.25, 0.3) is 0 Å². The van der Waals surface area contributed by atoms with Gasteiger partial charge in [-0.1, -0.05) is 15.9 Å². The Morgan fingerprint density at radius 1 is 1.04 bits per heavy atom. The Kier molecular flexibility index (Phi) is 5.51. The second-order valence-corrected chi connectivity index (χ2v) is 9.09. The summed E-state index contributed by atoms with van der Waals surface area (Å²) in [5.74, 6) is 0.799. The largest absolute Gasteiger partial charge is 0.506 e. The molecule has 3 aromatic carbocycles. The number of aromatic nitrogens is 1. The Morgan fingerprint density at radius 2 is 1.81 bits per heavy atom. The van der Waals surface area contributed by atoms with Crippen molar-refractivity contribution in [3.05, 3.63) is 71.8 Å². The summed E-state index contributed by atoms with van der Waals surface area (Å²) in [6, 6.07) is 17.3. The average Bonchev–Trinajstić information content (AvgIpc) is 3.07. The predicted octanol–water partition coefficient (Wildman–Crippen LogP) is 6.92. The molecule has 0 aliphatic heterocycles. The maximum atomic E-state index is 10.2. The van der Waals surface area contributed by atoms with Crippen molar-refractivity contribution < 1.29 is 9.52 Å². The highest BCUT2D eigenvalue weighted by molar-refractivity contribution is 14.1. The molecular weight excluding hydrogens is 634 g/mol. The van der Waals surface area contributed by atoms with E-state index in [0.29, 0.717) is 17.0 Å². The second-order valence-electron chi connectivity index (χ2n) is 5.76. The van der Waals surface area contributed by atoms with Crippen LogP contribution < -0.4 is 0 Å². The van der Waals surface area contributed by atoms with Gasteiger partial charge in [0.15, 0.2) is 5.58 Å². The molecule has 0 bridgehead atoms. The standard InChI is InChI=1S/C20H11BrI2N2O2/c21-13-7-12(19(26)16(23)8-13)10-24-15-5-6-18-17(9-15)25-20(27-18)11-1-3-14(22)4-2-11/h1-10,26H. The van der Waals surface area contributed by atoms with E-state index in [0.717, 1.165) is 28.4 Å². The van der Waals surface area contributed by atoms with Gasteiger partial charge in [-0.25, -0.2) is 4.98 Å². The van der Waals surface area contributed by atoms with Crippen molar-refractivity contribution in [2.45, 2.75) is 0 Å². The van der Waals surface area contributed by atoms with E-state index in [-0.39, 0.29) is 5.75 Å². The van der Waals surface area contributed by atoms with Gasteiger partial charge >= 0.3 is 0 Å². The lowest BCUT2D eigenvalue weighted by Gasteiger charge is -2.02. The van der Waals surface area contributed by atoms with Crippen molar-refractivity contribution in [2.24, 2.45) is 4.99 Å². The number of benzene rings is 3. The summed E-state index contributed by atoms with van der Waals surface area (Å²) in [5, 5.41) is 10.2. The Hall–Kier alpha value is -1.46. The highest BCUT2D eigenvalue weighted by Crippen LogP contribution is 2.30. The summed E-state index contributed by atoms with van der Waals surface area (Å²) < 4.78 is 8.66. The third-order valence-corrected chi connectivity index (χ3v) is 5.87. The maximum Gasteiger partial charge on any atom is 0.227 e. The minimum Gasteiger partial charge on any atom is -0.506 e. The van der Waals surface area contributed by atoms with Gasteiger partial charge < -0.3 is 9.52 Å². The van der Waals surface area contributed by atoms with Crippen LogP contribution in [0.2, 0.25) is 0 Å². The SMILES string of the molecule is Oc1c(I)cc(Br)cc1C=Nc1ccc2oc(-c3ccc(I)cc3)nc2c1. The normalized spacial score (nSPS) is 11.5. The van der Waals surface area contributed by atoms with Gasteiger partial charge in [0.05, 0.1) is 9.26 Å². The lowest BCUT2D eigenvalue weighted by atomic mass is 10.2. The molecule has 1 aromatic heterocycles. The van der Waals surface area contributed by atoms with Gasteiger partial charge in [0.1, 0.15) is 11.3 Å². The molecule has 0 saturated carbocycles. The molecule has 0 atom stereocenters. The van der Waals surface area contributed by atoms with Crippen LogP contribution in [0.1, 0.15) is 5.56 Å². The van der Waals surface area contributed by atoms with Gasteiger partial charge in [-0.05, 0) is 99.8 Å². The maximum absolute atomic E-state index is 10.2. The average molecular weight is 645 g/mol. The van der Waals surface area contributed by atoms with E-state index in [9.17, 15) is 5.11 Å². The smallest absolute Gasteiger partial charge is 0.227 e. The summed E-state index contributed by atoms with van der Waals surface area (Å²) in [4.78, 5) is 9.04. The summed E-state index contributed by atoms with van der Waals surface area (Å²) in [6.45, 7) is 0. The van der Waals surface area contributed by atoms with E-state index >= 15 is 0 Å². The van der Waals surface area contributed by atoms with Crippen LogP contribution in [0.5, 0.6) is 5.75 Å². The number of hydrogen-bond donors (Lipinski definition) is 1. The zero-order chi connectivity index (χ0) is 19.0. The molecule has 4 rings (SSSR count). The number of halogens is 3. The quantitative estimate of drug-likeness (QED) is 0.195. The summed E-state index contributed by atoms with van der Waals surface area (Å²) in [7, 11) is 0. The van der Waals surface area contributed by atoms with Crippen LogP contribution in [-0.2, 0) is 0 Å². The van der Waals surface area contributed by atoms with E-state index in [1.807, 2.05) is 54.6 Å². The molecule has 1 heterocycles. The molecule has 0 saturated heterocycles. The van der Waals surface area contributed by atoms with Crippen molar-refractivity contribution in [3.63, 3.8) is 0 Å². The van der Waals surface area contributed by atoms with E-state index < -0.39 is 0 Å². The van der Waals surface area contributed by atoms with Crippen LogP contribution in [0.4, 0.5) is 5.69 Å². The highest BCUT2D eigenvalue weighted by atomic mass is 127.